The van der Waals surface area contributed by atoms with Crippen LogP contribution in [0.2, 0.25) is 0 Å². The lowest BCUT2D eigenvalue weighted by molar-refractivity contribution is 0.684. The van der Waals surface area contributed by atoms with Crippen LogP contribution in [0.25, 0.3) is 0 Å². The highest BCUT2D eigenvalue weighted by molar-refractivity contribution is 9.10. The Labute approximate surface area is 89.9 Å². The number of nitrogens with two attached hydrogens (primary N) is 1. The molecule has 0 radical (unpaired) electrons. The van der Waals surface area contributed by atoms with Gasteiger partial charge in [-0.15, -0.1) is 0 Å². The molecule has 0 saturated carbocycles. The minimum Gasteiger partial charge on any atom is -0.396 e. The summed E-state index contributed by atoms with van der Waals surface area (Å²) < 4.78 is 2.74. The van der Waals surface area contributed by atoms with E-state index in [1.165, 1.54) is 0 Å². The van der Waals surface area contributed by atoms with Crippen LogP contribution in [0.1, 0.15) is 5.56 Å². The Morgan fingerprint density at radius 3 is 2.86 bits per heavy atom. The van der Waals surface area contributed by atoms with Crippen LogP contribution in [-0.4, -0.2) is 14.8 Å². The molecule has 2 rings (SSSR count). The summed E-state index contributed by atoms with van der Waals surface area (Å²) in [5.41, 5.74) is 7.31. The van der Waals surface area contributed by atoms with Crippen LogP contribution in [0.5, 0.6) is 0 Å². The predicted octanol–water partition coefficient (Wildman–Crippen LogP) is 1.67. The highest BCUT2D eigenvalue weighted by Gasteiger charge is 1.98. The second kappa shape index (κ2) is 3.79. The van der Waals surface area contributed by atoms with E-state index in [9.17, 15) is 0 Å². The quantitative estimate of drug-likeness (QED) is 0.885. The molecule has 0 aliphatic rings. The second-order valence-electron chi connectivity index (χ2n) is 2.98. The topological polar surface area (TPSA) is 56.7 Å². The summed E-state index contributed by atoms with van der Waals surface area (Å²) in [6.45, 7) is 0.684. The SMILES string of the molecule is Nc1cnn(Cc2cncc(Br)c2)c1. The van der Waals surface area contributed by atoms with Crippen molar-refractivity contribution >= 4 is 21.6 Å². The van der Waals surface area contributed by atoms with Crippen molar-refractivity contribution in [2.24, 2.45) is 0 Å². The van der Waals surface area contributed by atoms with Gasteiger partial charge in [0.25, 0.3) is 0 Å². The van der Waals surface area contributed by atoms with Gasteiger partial charge in [0.15, 0.2) is 0 Å². The molecule has 0 unspecified atom stereocenters. The van der Waals surface area contributed by atoms with Crippen LogP contribution >= 0.6 is 15.9 Å². The van der Waals surface area contributed by atoms with Crippen LogP contribution in [-0.2, 0) is 6.54 Å². The fourth-order valence-electron chi connectivity index (χ4n) is 1.20. The molecule has 72 valence electrons. The fourth-order valence-corrected chi connectivity index (χ4v) is 1.61. The van der Waals surface area contributed by atoms with Gasteiger partial charge in [-0.3, -0.25) is 9.67 Å². The van der Waals surface area contributed by atoms with E-state index in [4.69, 9.17) is 5.73 Å². The van der Waals surface area contributed by atoms with Crippen molar-refractivity contribution in [3.8, 4) is 0 Å². The summed E-state index contributed by atoms with van der Waals surface area (Å²) >= 11 is 3.36. The average Bonchev–Trinajstić information content (AvgIpc) is 2.51. The third kappa shape index (κ3) is 2.11. The van der Waals surface area contributed by atoms with Crippen molar-refractivity contribution in [2.45, 2.75) is 6.54 Å². The number of halogens is 1. The number of aromatic nitrogens is 3. The van der Waals surface area contributed by atoms with Gasteiger partial charge in [0, 0.05) is 23.1 Å². The first kappa shape index (κ1) is 9.21. The molecule has 0 bridgehead atoms. The molecule has 4 nitrogen and oxygen atoms in total. The van der Waals surface area contributed by atoms with Gasteiger partial charge in [0.1, 0.15) is 0 Å². The first-order valence-electron chi connectivity index (χ1n) is 4.11. The van der Waals surface area contributed by atoms with Crippen LogP contribution in [0.4, 0.5) is 5.69 Å². The van der Waals surface area contributed by atoms with E-state index < -0.39 is 0 Å². The molecule has 0 aliphatic heterocycles. The lowest BCUT2D eigenvalue weighted by atomic mass is 10.3. The minimum absolute atomic E-state index is 0.674. The highest BCUT2D eigenvalue weighted by atomic mass is 79.9. The molecule has 14 heavy (non-hydrogen) atoms. The number of hydrogen-bond donors (Lipinski definition) is 1. The summed E-state index contributed by atoms with van der Waals surface area (Å²) in [6, 6.07) is 2.00. The molecule has 0 aliphatic carbocycles. The standard InChI is InChI=1S/C9H9BrN4/c10-8-1-7(2-12-3-8)5-14-6-9(11)4-13-14/h1-4,6H,5,11H2. The molecule has 5 heteroatoms. The molecule has 0 aromatic carbocycles. The average molecular weight is 253 g/mol. The molecule has 0 amide bonds. The third-order valence-corrected chi connectivity index (χ3v) is 2.19. The van der Waals surface area contributed by atoms with Crippen molar-refractivity contribution in [1.82, 2.24) is 14.8 Å². The highest BCUT2D eigenvalue weighted by Crippen LogP contribution is 2.10. The molecule has 2 N–H and O–H groups in total. The normalized spacial score (nSPS) is 10.4. The maximum atomic E-state index is 5.55. The molecule has 0 atom stereocenters. The van der Waals surface area contributed by atoms with Gasteiger partial charge in [0.2, 0.25) is 0 Å². The second-order valence-corrected chi connectivity index (χ2v) is 3.90. The zero-order valence-electron chi connectivity index (χ0n) is 7.39. The molecular formula is C9H9BrN4. The van der Waals surface area contributed by atoms with E-state index in [2.05, 4.69) is 26.0 Å². The van der Waals surface area contributed by atoms with Gasteiger partial charge in [-0.2, -0.15) is 5.10 Å². The zero-order valence-corrected chi connectivity index (χ0v) is 8.98. The Morgan fingerprint density at radius 1 is 1.36 bits per heavy atom. The van der Waals surface area contributed by atoms with Crippen molar-refractivity contribution in [3.05, 3.63) is 40.9 Å². The fraction of sp³-hybridized carbons (Fsp3) is 0.111. The van der Waals surface area contributed by atoms with E-state index in [0.29, 0.717) is 12.2 Å². The van der Waals surface area contributed by atoms with E-state index >= 15 is 0 Å². The number of nitrogen functional groups attached to an aromatic ring is 1. The van der Waals surface area contributed by atoms with E-state index in [1.54, 1.807) is 23.3 Å². The number of nitrogens with zero attached hydrogens (tertiary/aromatic N) is 3. The van der Waals surface area contributed by atoms with Gasteiger partial charge >= 0.3 is 0 Å². The van der Waals surface area contributed by atoms with Crippen molar-refractivity contribution < 1.29 is 0 Å². The molecular weight excluding hydrogens is 244 g/mol. The Kier molecular flexibility index (Phi) is 2.49. The van der Waals surface area contributed by atoms with Gasteiger partial charge < -0.3 is 5.73 Å². The van der Waals surface area contributed by atoms with Gasteiger partial charge in [-0.05, 0) is 27.6 Å². The number of hydrogen-bond acceptors (Lipinski definition) is 3. The summed E-state index contributed by atoms with van der Waals surface area (Å²) in [4.78, 5) is 4.07. The lowest BCUT2D eigenvalue weighted by Gasteiger charge is -2.01. The van der Waals surface area contributed by atoms with Gasteiger partial charge in [0.05, 0.1) is 18.4 Å². The maximum Gasteiger partial charge on any atom is 0.0719 e. The zero-order chi connectivity index (χ0) is 9.97. The summed E-state index contributed by atoms with van der Waals surface area (Å²) in [5, 5.41) is 4.09. The Balaban J connectivity index is 2.18. The number of rotatable bonds is 2. The third-order valence-electron chi connectivity index (χ3n) is 1.76. The monoisotopic (exact) mass is 252 g/mol. The summed E-state index contributed by atoms with van der Waals surface area (Å²) in [5.74, 6) is 0. The number of anilines is 1. The van der Waals surface area contributed by atoms with Crippen LogP contribution in [0.3, 0.4) is 0 Å². The molecule has 0 spiro atoms. The molecule has 0 saturated heterocycles. The van der Waals surface area contributed by atoms with Gasteiger partial charge in [-0.1, -0.05) is 0 Å². The summed E-state index contributed by atoms with van der Waals surface area (Å²) in [6.07, 6.45) is 6.98. The lowest BCUT2D eigenvalue weighted by Crippen LogP contribution is -2.00. The van der Waals surface area contributed by atoms with Crippen LogP contribution in [0, 0.1) is 0 Å². The number of pyridine rings is 1. The Morgan fingerprint density at radius 2 is 2.21 bits per heavy atom. The van der Waals surface area contributed by atoms with Crippen molar-refractivity contribution in [1.29, 1.82) is 0 Å². The van der Waals surface area contributed by atoms with Crippen LogP contribution in [0.15, 0.2) is 35.3 Å². The van der Waals surface area contributed by atoms with Gasteiger partial charge in [-0.25, -0.2) is 0 Å². The largest absolute Gasteiger partial charge is 0.396 e. The minimum atomic E-state index is 0.674. The molecule has 0 fully saturated rings. The smallest absolute Gasteiger partial charge is 0.0719 e. The van der Waals surface area contributed by atoms with Crippen molar-refractivity contribution in [2.75, 3.05) is 5.73 Å². The van der Waals surface area contributed by atoms with E-state index in [1.807, 2.05) is 12.3 Å². The maximum absolute atomic E-state index is 5.55. The Bertz CT molecular complexity index is 438. The Hall–Kier alpha value is -1.36. The van der Waals surface area contributed by atoms with Crippen molar-refractivity contribution in [3.63, 3.8) is 0 Å². The molecule has 2 heterocycles. The van der Waals surface area contributed by atoms with E-state index in [0.717, 1.165) is 10.0 Å². The molecule has 2 aromatic heterocycles. The first-order chi connectivity index (χ1) is 6.74. The first-order valence-corrected chi connectivity index (χ1v) is 4.91. The predicted molar refractivity (Wildman–Crippen MR) is 57.7 cm³/mol. The molecule has 2 aromatic rings. The van der Waals surface area contributed by atoms with Crippen LogP contribution < -0.4 is 5.73 Å². The summed E-state index contributed by atoms with van der Waals surface area (Å²) in [7, 11) is 0. The van der Waals surface area contributed by atoms with E-state index in [-0.39, 0.29) is 0 Å².